The second-order valence-corrected chi connectivity index (χ2v) is 3.99. The minimum absolute atomic E-state index is 0.0281. The largest absolute Gasteiger partial charge is 0.394 e. The zero-order valence-electron chi connectivity index (χ0n) is 9.04. The van der Waals surface area contributed by atoms with Gasteiger partial charge in [-0.2, -0.15) is 0 Å². The summed E-state index contributed by atoms with van der Waals surface area (Å²) in [6.07, 6.45) is 1.31. The number of nitrogens with two attached hydrogens (primary N) is 1. The first-order valence-corrected chi connectivity index (χ1v) is 5.35. The number of hydrogen-bond acceptors (Lipinski definition) is 3. The second-order valence-electron chi connectivity index (χ2n) is 3.59. The van der Waals surface area contributed by atoms with Gasteiger partial charge in [-0.05, 0) is 24.3 Å². The summed E-state index contributed by atoms with van der Waals surface area (Å²) in [5.74, 6) is -1.07. The normalized spacial score (nSPS) is 10.3. The number of rotatable bonds is 2. The minimum Gasteiger partial charge on any atom is -0.394 e. The maximum atomic E-state index is 12.9. The van der Waals surface area contributed by atoms with Gasteiger partial charge in [0.1, 0.15) is 11.5 Å². The van der Waals surface area contributed by atoms with Gasteiger partial charge in [-0.25, -0.2) is 4.39 Å². The summed E-state index contributed by atoms with van der Waals surface area (Å²) in [7, 11) is 0. The monoisotopic (exact) mass is 266 g/mol. The Morgan fingerprint density at radius 2 is 2.00 bits per heavy atom. The molecule has 2 rings (SSSR count). The van der Waals surface area contributed by atoms with Crippen molar-refractivity contribution in [2.24, 2.45) is 0 Å². The third-order valence-electron chi connectivity index (χ3n) is 2.42. The summed E-state index contributed by atoms with van der Waals surface area (Å²) in [4.78, 5) is 25.7. The number of pyridine rings is 1. The van der Waals surface area contributed by atoms with Crippen LogP contribution < -0.4 is 11.3 Å². The highest BCUT2D eigenvalue weighted by molar-refractivity contribution is 6.35. The molecule has 18 heavy (non-hydrogen) atoms. The highest BCUT2D eigenvalue weighted by Crippen LogP contribution is 2.21. The van der Waals surface area contributed by atoms with Crippen LogP contribution in [0.3, 0.4) is 0 Å². The third kappa shape index (κ3) is 2.12. The van der Waals surface area contributed by atoms with Gasteiger partial charge in [0.2, 0.25) is 0 Å². The molecule has 0 amide bonds. The third-order valence-corrected chi connectivity index (χ3v) is 2.73. The number of carbonyl (C=O) groups is 1. The van der Waals surface area contributed by atoms with E-state index in [9.17, 15) is 14.0 Å². The number of nitrogen functional groups attached to an aromatic ring is 1. The number of carbonyl (C=O) groups excluding carboxylic acids is 1. The van der Waals surface area contributed by atoms with Crippen LogP contribution in [-0.2, 0) is 0 Å². The lowest BCUT2D eigenvalue weighted by molar-refractivity contribution is 0.103. The van der Waals surface area contributed by atoms with Crippen LogP contribution in [0.15, 0.2) is 35.3 Å². The van der Waals surface area contributed by atoms with Gasteiger partial charge >= 0.3 is 0 Å². The fourth-order valence-electron chi connectivity index (χ4n) is 1.51. The Bertz CT molecular complexity index is 682. The fourth-order valence-corrected chi connectivity index (χ4v) is 1.76. The Labute approximate surface area is 106 Å². The van der Waals surface area contributed by atoms with Crippen LogP contribution in [0.4, 0.5) is 10.1 Å². The molecule has 1 aromatic carbocycles. The van der Waals surface area contributed by atoms with Gasteiger partial charge in [0.15, 0.2) is 5.78 Å². The zero-order valence-corrected chi connectivity index (χ0v) is 9.79. The van der Waals surface area contributed by atoms with Crippen molar-refractivity contribution >= 4 is 23.1 Å². The van der Waals surface area contributed by atoms with Crippen LogP contribution in [0, 0.1) is 5.82 Å². The highest BCUT2D eigenvalue weighted by atomic mass is 35.5. The Kier molecular flexibility index (Phi) is 3.16. The molecule has 0 saturated carbocycles. The van der Waals surface area contributed by atoms with Gasteiger partial charge in [0.25, 0.3) is 5.56 Å². The van der Waals surface area contributed by atoms with Crippen molar-refractivity contribution < 1.29 is 9.18 Å². The van der Waals surface area contributed by atoms with Gasteiger partial charge in [-0.1, -0.05) is 11.6 Å². The van der Waals surface area contributed by atoms with E-state index in [2.05, 4.69) is 4.98 Å². The van der Waals surface area contributed by atoms with Gasteiger partial charge in [0, 0.05) is 11.8 Å². The summed E-state index contributed by atoms with van der Waals surface area (Å²) in [5.41, 5.74) is 4.90. The first-order chi connectivity index (χ1) is 8.50. The molecule has 1 heterocycles. The molecule has 0 unspecified atom stereocenters. The topological polar surface area (TPSA) is 76.0 Å². The molecule has 0 spiro atoms. The van der Waals surface area contributed by atoms with E-state index in [4.69, 9.17) is 17.3 Å². The van der Waals surface area contributed by atoms with Gasteiger partial charge in [-0.15, -0.1) is 0 Å². The molecule has 3 N–H and O–H groups in total. The van der Waals surface area contributed by atoms with E-state index in [1.165, 1.54) is 18.3 Å². The quantitative estimate of drug-likeness (QED) is 0.816. The van der Waals surface area contributed by atoms with Crippen molar-refractivity contribution in [3.63, 3.8) is 0 Å². The van der Waals surface area contributed by atoms with Crippen LogP contribution in [0.5, 0.6) is 0 Å². The predicted molar refractivity (Wildman–Crippen MR) is 66.3 cm³/mol. The van der Waals surface area contributed by atoms with Crippen LogP contribution >= 0.6 is 11.6 Å². The van der Waals surface area contributed by atoms with Crippen molar-refractivity contribution in [3.05, 3.63) is 62.8 Å². The van der Waals surface area contributed by atoms with E-state index >= 15 is 0 Å². The van der Waals surface area contributed by atoms with Crippen molar-refractivity contribution in [2.45, 2.75) is 0 Å². The molecule has 1 aromatic heterocycles. The summed E-state index contributed by atoms with van der Waals surface area (Å²) >= 11 is 5.78. The lowest BCUT2D eigenvalue weighted by atomic mass is 10.0. The van der Waals surface area contributed by atoms with Gasteiger partial charge in [-0.3, -0.25) is 9.59 Å². The molecule has 0 aliphatic rings. The molecule has 0 bridgehead atoms. The first-order valence-electron chi connectivity index (χ1n) is 4.97. The average Bonchev–Trinajstić information content (AvgIpc) is 2.32. The van der Waals surface area contributed by atoms with Crippen molar-refractivity contribution in [1.82, 2.24) is 4.98 Å². The smallest absolute Gasteiger partial charge is 0.271 e. The Morgan fingerprint density at radius 1 is 1.28 bits per heavy atom. The molecule has 0 aliphatic heterocycles. The summed E-state index contributed by atoms with van der Waals surface area (Å²) in [6.45, 7) is 0. The molecule has 0 atom stereocenters. The number of nitrogens with one attached hydrogen (secondary N) is 1. The van der Waals surface area contributed by atoms with Crippen molar-refractivity contribution in [2.75, 3.05) is 5.73 Å². The minimum atomic E-state index is -0.556. The Balaban J connectivity index is 2.55. The lowest BCUT2D eigenvalue weighted by Crippen LogP contribution is -2.17. The number of aromatic nitrogens is 1. The molecule has 0 aliphatic carbocycles. The van der Waals surface area contributed by atoms with E-state index in [1.807, 2.05) is 0 Å². The summed E-state index contributed by atoms with van der Waals surface area (Å²) < 4.78 is 12.9. The molecule has 0 saturated heterocycles. The van der Waals surface area contributed by atoms with E-state index in [0.717, 1.165) is 12.1 Å². The number of benzene rings is 1. The summed E-state index contributed by atoms with van der Waals surface area (Å²) in [6, 6.07) is 4.76. The standard InChI is InChI=1S/C12H8ClFN2O2/c13-9-5-6(14)1-2-7(9)11(17)8-3-4-16-12(18)10(8)15/h1-5H,15H2,(H,16,18). The number of anilines is 1. The maximum absolute atomic E-state index is 12.9. The molecule has 0 radical (unpaired) electrons. The van der Waals surface area contributed by atoms with Gasteiger partial charge < -0.3 is 10.7 Å². The maximum Gasteiger partial charge on any atom is 0.271 e. The average molecular weight is 267 g/mol. The number of hydrogen-bond donors (Lipinski definition) is 2. The number of ketones is 1. The number of aromatic amines is 1. The molecule has 4 nitrogen and oxygen atoms in total. The summed E-state index contributed by atoms with van der Waals surface area (Å²) in [5, 5.41) is -0.0281. The van der Waals surface area contributed by atoms with Crippen molar-refractivity contribution in [3.8, 4) is 0 Å². The first kappa shape index (κ1) is 12.3. The highest BCUT2D eigenvalue weighted by Gasteiger charge is 2.17. The second kappa shape index (κ2) is 4.62. The number of H-pyrrole nitrogens is 1. The predicted octanol–water partition coefficient (Wildman–Crippen LogP) is 1.98. The van der Waals surface area contributed by atoms with Crippen molar-refractivity contribution in [1.29, 1.82) is 0 Å². The SMILES string of the molecule is Nc1c(C(=O)c2ccc(F)cc2Cl)cc[nH]c1=O. The van der Waals surface area contributed by atoms with Crippen LogP contribution in [0.2, 0.25) is 5.02 Å². The van der Waals surface area contributed by atoms with E-state index in [-0.39, 0.29) is 21.8 Å². The molecule has 0 fully saturated rings. The van der Waals surface area contributed by atoms with Gasteiger partial charge in [0.05, 0.1) is 10.6 Å². The molecular formula is C12H8ClFN2O2. The van der Waals surface area contributed by atoms with E-state index < -0.39 is 17.2 Å². The number of halogens is 2. The van der Waals surface area contributed by atoms with Crippen LogP contribution in [0.1, 0.15) is 15.9 Å². The fraction of sp³-hybridized carbons (Fsp3) is 0. The molecule has 2 aromatic rings. The lowest BCUT2D eigenvalue weighted by Gasteiger charge is -2.05. The Hall–Kier alpha value is -2.14. The van der Waals surface area contributed by atoms with Crippen LogP contribution in [0.25, 0.3) is 0 Å². The van der Waals surface area contributed by atoms with E-state index in [0.29, 0.717) is 0 Å². The van der Waals surface area contributed by atoms with Crippen LogP contribution in [-0.4, -0.2) is 10.8 Å². The molecule has 92 valence electrons. The molecular weight excluding hydrogens is 259 g/mol. The Morgan fingerprint density at radius 3 is 2.67 bits per heavy atom. The molecule has 6 heteroatoms. The van der Waals surface area contributed by atoms with E-state index in [1.54, 1.807) is 0 Å². The zero-order chi connectivity index (χ0) is 13.3.